The van der Waals surface area contributed by atoms with Crippen LogP contribution in [0.4, 0.5) is 10.9 Å². The molecule has 0 radical (unpaired) electrons. The summed E-state index contributed by atoms with van der Waals surface area (Å²) in [6.45, 7) is 0. The van der Waals surface area contributed by atoms with Crippen LogP contribution in [0.5, 0.6) is 0 Å². The summed E-state index contributed by atoms with van der Waals surface area (Å²) in [4.78, 5) is 20.8. The zero-order valence-corrected chi connectivity index (χ0v) is 19.5. The van der Waals surface area contributed by atoms with E-state index < -0.39 is 0 Å². The first-order valence-electron chi connectivity index (χ1n) is 11.5. The van der Waals surface area contributed by atoms with Crippen molar-refractivity contribution in [2.75, 3.05) is 5.32 Å². The number of carbonyl (C=O) groups excluding carboxylic acids is 1. The molecule has 0 aromatic carbocycles. The van der Waals surface area contributed by atoms with Crippen LogP contribution in [0.1, 0.15) is 47.3 Å². The third-order valence-corrected chi connectivity index (χ3v) is 6.99. The SMILES string of the molecule is O=C(Cc1ccccn1)Cc1ccc(C[C@H]2CC[C@@H](c3nnc(Nc4ccccn4)s3)C2)nn1. The Balaban J connectivity index is 1.11. The first kappa shape index (κ1) is 22.2. The first-order chi connectivity index (χ1) is 16.7. The Kier molecular flexibility index (Phi) is 6.90. The Bertz CT molecular complexity index is 1220. The molecule has 9 heteroatoms. The van der Waals surface area contributed by atoms with E-state index in [4.69, 9.17) is 0 Å². The molecule has 0 saturated heterocycles. The zero-order valence-electron chi connectivity index (χ0n) is 18.7. The minimum Gasteiger partial charge on any atom is -0.315 e. The first-order valence-corrected chi connectivity index (χ1v) is 12.3. The highest BCUT2D eigenvalue weighted by Gasteiger charge is 2.29. The number of nitrogens with zero attached hydrogens (tertiary/aromatic N) is 6. The van der Waals surface area contributed by atoms with Gasteiger partial charge in [-0.1, -0.05) is 23.5 Å². The maximum Gasteiger partial charge on any atom is 0.211 e. The van der Waals surface area contributed by atoms with E-state index in [1.165, 1.54) is 0 Å². The number of nitrogens with one attached hydrogen (secondary N) is 1. The van der Waals surface area contributed by atoms with Crippen molar-refractivity contribution in [1.82, 2.24) is 30.4 Å². The molecular weight excluding hydrogens is 446 g/mol. The fraction of sp³-hybridized carbons (Fsp3) is 0.320. The van der Waals surface area contributed by atoms with Crippen LogP contribution in [-0.4, -0.2) is 36.1 Å². The number of hydrogen-bond acceptors (Lipinski definition) is 9. The summed E-state index contributed by atoms with van der Waals surface area (Å²) < 4.78 is 0. The maximum absolute atomic E-state index is 12.3. The van der Waals surface area contributed by atoms with Crippen molar-refractivity contribution < 1.29 is 4.79 Å². The lowest BCUT2D eigenvalue weighted by Crippen LogP contribution is -2.10. The fourth-order valence-electron chi connectivity index (χ4n) is 4.34. The molecule has 0 spiro atoms. The standard InChI is InChI=1S/C25H25N7OS/c33-22(15-19-5-1-3-11-26-19)16-21-10-9-20(29-30-21)14-17-7-8-18(13-17)24-31-32-25(34-24)28-23-6-2-4-12-27-23/h1-6,9-12,17-18H,7-8,13-16H2,(H,27,28,32)/t17-,18+/m0/s1. The monoisotopic (exact) mass is 471 g/mol. The number of Topliss-reactive ketones (excluding diaryl/α,β-unsaturated/α-hetero) is 1. The van der Waals surface area contributed by atoms with Crippen LogP contribution in [-0.2, 0) is 24.1 Å². The molecule has 0 unspecified atom stereocenters. The molecule has 0 aliphatic heterocycles. The van der Waals surface area contributed by atoms with Crippen molar-refractivity contribution >= 4 is 28.1 Å². The lowest BCUT2D eigenvalue weighted by molar-refractivity contribution is -0.117. The van der Waals surface area contributed by atoms with Gasteiger partial charge in [0.15, 0.2) is 0 Å². The normalized spacial score (nSPS) is 17.5. The van der Waals surface area contributed by atoms with E-state index in [1.54, 1.807) is 23.7 Å². The molecule has 1 aliphatic carbocycles. The highest BCUT2D eigenvalue weighted by molar-refractivity contribution is 7.15. The fourth-order valence-corrected chi connectivity index (χ4v) is 5.23. The second kappa shape index (κ2) is 10.6. The molecule has 4 aromatic rings. The Hall–Kier alpha value is -3.59. The predicted octanol–water partition coefficient (Wildman–Crippen LogP) is 4.34. The molecule has 0 bridgehead atoms. The van der Waals surface area contributed by atoms with Gasteiger partial charge in [0.05, 0.1) is 17.8 Å². The minimum absolute atomic E-state index is 0.0911. The number of aromatic nitrogens is 6. The molecule has 2 atom stereocenters. The van der Waals surface area contributed by atoms with E-state index in [0.29, 0.717) is 24.0 Å². The summed E-state index contributed by atoms with van der Waals surface area (Å²) in [5, 5.41) is 22.5. The van der Waals surface area contributed by atoms with Crippen LogP contribution in [0.3, 0.4) is 0 Å². The number of hydrogen-bond donors (Lipinski definition) is 1. The quantitative estimate of drug-likeness (QED) is 0.384. The Morgan fingerprint density at radius 1 is 0.853 bits per heavy atom. The molecule has 4 aromatic heterocycles. The number of ketones is 1. The molecule has 8 nitrogen and oxygen atoms in total. The summed E-state index contributed by atoms with van der Waals surface area (Å²) in [5.41, 5.74) is 2.46. The molecule has 5 rings (SSSR count). The number of pyridine rings is 2. The Morgan fingerprint density at radius 3 is 2.41 bits per heavy atom. The smallest absolute Gasteiger partial charge is 0.211 e. The molecule has 1 saturated carbocycles. The average molecular weight is 472 g/mol. The van der Waals surface area contributed by atoms with E-state index >= 15 is 0 Å². The zero-order chi connectivity index (χ0) is 23.2. The molecule has 1 aliphatic rings. The van der Waals surface area contributed by atoms with Gasteiger partial charge >= 0.3 is 0 Å². The lowest BCUT2D eigenvalue weighted by Gasteiger charge is -2.09. The third-order valence-electron chi connectivity index (χ3n) is 5.99. The van der Waals surface area contributed by atoms with Gasteiger partial charge in [0, 0.05) is 30.4 Å². The molecule has 1 N–H and O–H groups in total. The predicted molar refractivity (Wildman–Crippen MR) is 130 cm³/mol. The summed E-state index contributed by atoms with van der Waals surface area (Å²) in [6.07, 6.45) is 8.26. The van der Waals surface area contributed by atoms with Gasteiger partial charge in [-0.3, -0.25) is 9.78 Å². The van der Waals surface area contributed by atoms with Gasteiger partial charge in [0.2, 0.25) is 5.13 Å². The van der Waals surface area contributed by atoms with Crippen molar-refractivity contribution in [3.05, 3.63) is 83.0 Å². The van der Waals surface area contributed by atoms with Gasteiger partial charge in [-0.25, -0.2) is 4.98 Å². The van der Waals surface area contributed by atoms with Crippen LogP contribution >= 0.6 is 11.3 Å². The summed E-state index contributed by atoms with van der Waals surface area (Å²) in [7, 11) is 0. The Morgan fingerprint density at radius 2 is 1.65 bits per heavy atom. The van der Waals surface area contributed by atoms with Gasteiger partial charge < -0.3 is 5.32 Å². The van der Waals surface area contributed by atoms with Crippen LogP contribution < -0.4 is 5.32 Å². The number of rotatable bonds is 9. The second-order valence-corrected chi connectivity index (χ2v) is 9.60. The van der Waals surface area contributed by atoms with E-state index in [1.807, 2.05) is 48.5 Å². The van der Waals surface area contributed by atoms with Gasteiger partial charge in [-0.2, -0.15) is 10.2 Å². The largest absolute Gasteiger partial charge is 0.315 e. The van der Waals surface area contributed by atoms with E-state index in [0.717, 1.165) is 53.0 Å². The van der Waals surface area contributed by atoms with Crippen molar-refractivity contribution in [3.8, 4) is 0 Å². The van der Waals surface area contributed by atoms with E-state index in [-0.39, 0.29) is 12.2 Å². The van der Waals surface area contributed by atoms with Crippen molar-refractivity contribution in [2.24, 2.45) is 5.92 Å². The third kappa shape index (κ3) is 5.85. The topological polar surface area (TPSA) is 106 Å². The maximum atomic E-state index is 12.3. The molecule has 0 amide bonds. The summed E-state index contributed by atoms with van der Waals surface area (Å²) in [5.74, 6) is 1.84. The van der Waals surface area contributed by atoms with Crippen molar-refractivity contribution in [3.63, 3.8) is 0 Å². The summed E-state index contributed by atoms with van der Waals surface area (Å²) >= 11 is 1.60. The number of carbonyl (C=O) groups is 1. The van der Waals surface area contributed by atoms with Crippen molar-refractivity contribution in [2.45, 2.75) is 44.4 Å². The molecule has 4 heterocycles. The highest BCUT2D eigenvalue weighted by Crippen LogP contribution is 2.41. The second-order valence-electron chi connectivity index (χ2n) is 8.59. The van der Waals surface area contributed by atoms with E-state index in [9.17, 15) is 4.79 Å². The Labute approximate surface area is 201 Å². The minimum atomic E-state index is 0.0911. The highest BCUT2D eigenvalue weighted by atomic mass is 32.1. The lowest BCUT2D eigenvalue weighted by atomic mass is 9.99. The van der Waals surface area contributed by atoms with Gasteiger partial charge in [0.25, 0.3) is 0 Å². The number of anilines is 2. The van der Waals surface area contributed by atoms with Crippen molar-refractivity contribution in [1.29, 1.82) is 0 Å². The average Bonchev–Trinajstić information content (AvgIpc) is 3.51. The van der Waals surface area contributed by atoms with Crippen LogP contribution in [0.2, 0.25) is 0 Å². The van der Waals surface area contributed by atoms with Crippen LogP contribution in [0.15, 0.2) is 60.9 Å². The molecular formula is C25H25N7OS. The molecule has 34 heavy (non-hydrogen) atoms. The van der Waals surface area contributed by atoms with Gasteiger partial charge in [-0.15, -0.1) is 10.2 Å². The van der Waals surface area contributed by atoms with Crippen LogP contribution in [0, 0.1) is 5.92 Å². The molecule has 172 valence electrons. The molecule has 1 fully saturated rings. The summed E-state index contributed by atoms with van der Waals surface area (Å²) in [6, 6.07) is 15.3. The van der Waals surface area contributed by atoms with E-state index in [2.05, 4.69) is 35.7 Å². The van der Waals surface area contributed by atoms with Gasteiger partial charge in [-0.05, 0) is 68.0 Å². The van der Waals surface area contributed by atoms with Crippen LogP contribution in [0.25, 0.3) is 0 Å². The van der Waals surface area contributed by atoms with Gasteiger partial charge in [0.1, 0.15) is 16.6 Å².